The Morgan fingerprint density at radius 2 is 2.32 bits per heavy atom. The summed E-state index contributed by atoms with van der Waals surface area (Å²) in [7, 11) is 1.80. The highest BCUT2D eigenvalue weighted by molar-refractivity contribution is 5.81. The van der Waals surface area contributed by atoms with Crippen LogP contribution >= 0.6 is 0 Å². The lowest BCUT2D eigenvalue weighted by Gasteiger charge is -2.19. The molecule has 0 spiro atoms. The van der Waals surface area contributed by atoms with E-state index in [0.29, 0.717) is 11.4 Å². The number of hydrogen-bond donors (Lipinski definition) is 1. The van der Waals surface area contributed by atoms with Crippen molar-refractivity contribution >= 4 is 11.7 Å². The molecule has 0 aromatic carbocycles. The zero-order valence-corrected chi connectivity index (χ0v) is 11.7. The minimum Gasteiger partial charge on any atom is -0.352 e. The van der Waals surface area contributed by atoms with Crippen LogP contribution in [0.1, 0.15) is 32.3 Å². The number of rotatable bonds is 6. The number of nitrogens with one attached hydrogen (secondary N) is 1. The third kappa shape index (κ3) is 4.96. The molecule has 0 aliphatic carbocycles. The smallest absolute Gasteiger partial charge is 0.239 e. The quantitative estimate of drug-likeness (QED) is 0.845. The molecule has 1 N–H and O–H groups in total. The zero-order valence-electron chi connectivity index (χ0n) is 11.7. The number of amides is 1. The molecule has 0 aliphatic rings. The molecule has 1 aromatic heterocycles. The van der Waals surface area contributed by atoms with Crippen LogP contribution < -0.4 is 10.2 Å². The first-order chi connectivity index (χ1) is 9.06. The summed E-state index contributed by atoms with van der Waals surface area (Å²) in [6.07, 6.45) is 3.53. The highest BCUT2D eigenvalue weighted by Crippen LogP contribution is 2.08. The third-order valence-corrected chi connectivity index (χ3v) is 2.78. The summed E-state index contributed by atoms with van der Waals surface area (Å²) in [4.78, 5) is 17.7. The normalized spacial score (nSPS) is 11.5. The fourth-order valence-corrected chi connectivity index (χ4v) is 1.80. The second-order valence-electron chi connectivity index (χ2n) is 4.63. The van der Waals surface area contributed by atoms with E-state index in [1.165, 1.54) is 6.20 Å². The molecule has 19 heavy (non-hydrogen) atoms. The van der Waals surface area contributed by atoms with Crippen molar-refractivity contribution in [1.29, 1.82) is 5.26 Å². The maximum atomic E-state index is 11.8. The van der Waals surface area contributed by atoms with Gasteiger partial charge in [0.15, 0.2) is 0 Å². The molecule has 1 rings (SSSR count). The van der Waals surface area contributed by atoms with Crippen molar-refractivity contribution in [1.82, 2.24) is 10.3 Å². The van der Waals surface area contributed by atoms with Crippen LogP contribution in [-0.2, 0) is 4.79 Å². The van der Waals surface area contributed by atoms with Crippen molar-refractivity contribution < 1.29 is 4.79 Å². The molecule has 0 saturated carbocycles. The second-order valence-corrected chi connectivity index (χ2v) is 4.63. The van der Waals surface area contributed by atoms with Gasteiger partial charge in [-0.3, -0.25) is 4.79 Å². The number of nitrogens with zero attached hydrogens (tertiary/aromatic N) is 3. The summed E-state index contributed by atoms with van der Waals surface area (Å²) >= 11 is 0. The SMILES string of the molecule is CCC[C@@H](C)NC(=O)CN(C)c1ccc(C#N)cn1. The summed E-state index contributed by atoms with van der Waals surface area (Å²) in [5.74, 6) is 0.659. The number of carbonyl (C=O) groups excluding carboxylic acids is 1. The van der Waals surface area contributed by atoms with Gasteiger partial charge >= 0.3 is 0 Å². The summed E-state index contributed by atoms with van der Waals surface area (Å²) in [6, 6.07) is 5.64. The fourth-order valence-electron chi connectivity index (χ4n) is 1.80. The van der Waals surface area contributed by atoms with E-state index in [1.54, 1.807) is 24.1 Å². The minimum atomic E-state index is -0.0189. The Morgan fingerprint density at radius 1 is 1.58 bits per heavy atom. The Kier molecular flexibility index (Phi) is 5.80. The highest BCUT2D eigenvalue weighted by atomic mass is 16.2. The molecule has 0 bridgehead atoms. The number of hydrogen-bond acceptors (Lipinski definition) is 4. The fraction of sp³-hybridized carbons (Fsp3) is 0.500. The molecule has 0 aliphatic heterocycles. The van der Waals surface area contributed by atoms with Crippen LogP contribution in [0.25, 0.3) is 0 Å². The third-order valence-electron chi connectivity index (χ3n) is 2.78. The summed E-state index contributed by atoms with van der Waals surface area (Å²) in [6.45, 7) is 4.35. The molecule has 0 fully saturated rings. The first kappa shape index (κ1) is 15.0. The van der Waals surface area contributed by atoms with Gasteiger partial charge in [-0.1, -0.05) is 13.3 Å². The lowest BCUT2D eigenvalue weighted by molar-refractivity contribution is -0.120. The molecule has 1 atom stereocenters. The first-order valence-electron chi connectivity index (χ1n) is 6.43. The van der Waals surface area contributed by atoms with Crippen molar-refractivity contribution in [2.24, 2.45) is 0 Å². The molecule has 0 saturated heterocycles. The van der Waals surface area contributed by atoms with Gasteiger partial charge in [0.25, 0.3) is 0 Å². The van der Waals surface area contributed by atoms with Crippen LogP contribution in [0.3, 0.4) is 0 Å². The minimum absolute atomic E-state index is 0.0189. The molecule has 5 heteroatoms. The van der Waals surface area contributed by atoms with E-state index in [4.69, 9.17) is 5.26 Å². The highest BCUT2D eigenvalue weighted by Gasteiger charge is 2.10. The van der Waals surface area contributed by atoms with Gasteiger partial charge in [0, 0.05) is 19.3 Å². The number of anilines is 1. The van der Waals surface area contributed by atoms with Crippen LogP contribution in [0.4, 0.5) is 5.82 Å². The standard InChI is InChI=1S/C14H20N4O/c1-4-5-11(2)17-14(19)10-18(3)13-7-6-12(8-15)9-16-13/h6-7,9,11H,4-5,10H2,1-3H3,(H,17,19)/t11-/m1/s1. The Bertz CT molecular complexity index is 450. The Hall–Kier alpha value is -2.09. The molecule has 0 unspecified atom stereocenters. The maximum Gasteiger partial charge on any atom is 0.239 e. The van der Waals surface area contributed by atoms with E-state index in [-0.39, 0.29) is 18.5 Å². The van der Waals surface area contributed by atoms with Crippen LogP contribution in [0.15, 0.2) is 18.3 Å². The number of aromatic nitrogens is 1. The summed E-state index contributed by atoms with van der Waals surface area (Å²) in [5.41, 5.74) is 0.512. The van der Waals surface area contributed by atoms with Gasteiger partial charge < -0.3 is 10.2 Å². The average molecular weight is 260 g/mol. The average Bonchev–Trinajstić information content (AvgIpc) is 2.38. The number of carbonyl (C=O) groups is 1. The molecule has 5 nitrogen and oxygen atoms in total. The first-order valence-corrected chi connectivity index (χ1v) is 6.43. The van der Waals surface area contributed by atoms with Gasteiger partial charge in [0.1, 0.15) is 11.9 Å². The molecular weight excluding hydrogens is 240 g/mol. The van der Waals surface area contributed by atoms with Crippen LogP contribution in [0.5, 0.6) is 0 Å². The van der Waals surface area contributed by atoms with Crippen LogP contribution in [-0.4, -0.2) is 30.5 Å². The van der Waals surface area contributed by atoms with Gasteiger partial charge in [-0.05, 0) is 25.5 Å². The van der Waals surface area contributed by atoms with E-state index in [1.807, 2.05) is 13.0 Å². The van der Waals surface area contributed by atoms with E-state index >= 15 is 0 Å². The predicted molar refractivity (Wildman–Crippen MR) is 74.7 cm³/mol. The summed E-state index contributed by atoms with van der Waals surface area (Å²) in [5, 5.41) is 11.6. The molecule has 1 heterocycles. The van der Waals surface area contributed by atoms with Gasteiger partial charge in [-0.15, -0.1) is 0 Å². The van der Waals surface area contributed by atoms with E-state index < -0.39 is 0 Å². The zero-order chi connectivity index (χ0) is 14.3. The molecule has 1 aromatic rings. The van der Waals surface area contributed by atoms with Gasteiger partial charge in [0.05, 0.1) is 12.1 Å². The van der Waals surface area contributed by atoms with Crippen molar-refractivity contribution in [2.75, 3.05) is 18.5 Å². The lowest BCUT2D eigenvalue weighted by Crippen LogP contribution is -2.40. The van der Waals surface area contributed by atoms with E-state index in [9.17, 15) is 4.79 Å². The van der Waals surface area contributed by atoms with Gasteiger partial charge in [-0.25, -0.2) is 4.98 Å². The lowest BCUT2D eigenvalue weighted by atomic mass is 10.2. The van der Waals surface area contributed by atoms with Crippen LogP contribution in [0, 0.1) is 11.3 Å². The molecule has 0 radical (unpaired) electrons. The van der Waals surface area contributed by atoms with Gasteiger partial charge in [-0.2, -0.15) is 5.26 Å². The maximum absolute atomic E-state index is 11.8. The Labute approximate surface area is 114 Å². The Balaban J connectivity index is 2.51. The van der Waals surface area contributed by atoms with Gasteiger partial charge in [0.2, 0.25) is 5.91 Å². The number of pyridine rings is 1. The Morgan fingerprint density at radius 3 is 2.84 bits per heavy atom. The van der Waals surface area contributed by atoms with E-state index in [2.05, 4.69) is 17.2 Å². The van der Waals surface area contributed by atoms with Crippen molar-refractivity contribution in [2.45, 2.75) is 32.7 Å². The second kappa shape index (κ2) is 7.37. The monoisotopic (exact) mass is 260 g/mol. The molecule has 102 valence electrons. The largest absolute Gasteiger partial charge is 0.352 e. The van der Waals surface area contributed by atoms with Crippen molar-refractivity contribution in [3.63, 3.8) is 0 Å². The molecule has 1 amide bonds. The number of likely N-dealkylation sites (N-methyl/N-ethyl adjacent to an activating group) is 1. The van der Waals surface area contributed by atoms with Crippen molar-refractivity contribution in [3.05, 3.63) is 23.9 Å². The van der Waals surface area contributed by atoms with Crippen molar-refractivity contribution in [3.8, 4) is 6.07 Å². The number of nitriles is 1. The predicted octanol–water partition coefficient (Wildman–Crippen LogP) is 1.69. The summed E-state index contributed by atoms with van der Waals surface area (Å²) < 4.78 is 0. The topological polar surface area (TPSA) is 69.0 Å². The van der Waals surface area contributed by atoms with E-state index in [0.717, 1.165) is 12.8 Å². The molecular formula is C14H20N4O. The van der Waals surface area contributed by atoms with Crippen LogP contribution in [0.2, 0.25) is 0 Å².